The lowest BCUT2D eigenvalue weighted by Crippen LogP contribution is -2.26. The minimum absolute atomic E-state index is 0. The molecule has 0 saturated carbocycles. The fraction of sp³-hybridized carbons (Fsp3) is 0.375. The largest absolute Gasteiger partial charge is 0.352 e. The van der Waals surface area contributed by atoms with Gasteiger partial charge >= 0.3 is 0 Å². The van der Waals surface area contributed by atoms with E-state index in [9.17, 15) is 4.79 Å². The fourth-order valence-electron chi connectivity index (χ4n) is 2.10. The molecule has 1 aromatic carbocycles. The van der Waals surface area contributed by atoms with Crippen molar-refractivity contribution in [2.24, 2.45) is 5.73 Å². The van der Waals surface area contributed by atoms with Gasteiger partial charge in [0.1, 0.15) is 0 Å². The maximum atomic E-state index is 11.8. The number of hydrogen-bond donors (Lipinski definition) is 2. The number of nitrogens with zero attached hydrogens (tertiary/aromatic N) is 2. The summed E-state index contributed by atoms with van der Waals surface area (Å²) in [5, 5.41) is 2.95. The summed E-state index contributed by atoms with van der Waals surface area (Å²) in [4.78, 5) is 15.8. The first-order chi connectivity index (χ1) is 10.1. The third kappa shape index (κ3) is 7.50. The van der Waals surface area contributed by atoms with Gasteiger partial charge in [0, 0.05) is 37.9 Å². The van der Waals surface area contributed by atoms with Crippen LogP contribution in [0.5, 0.6) is 0 Å². The van der Waals surface area contributed by atoms with Gasteiger partial charge in [-0.2, -0.15) is 0 Å². The Morgan fingerprint density at radius 1 is 1.30 bits per heavy atom. The maximum absolute atomic E-state index is 11.8. The molecule has 5 nitrogen and oxygen atoms in total. The Balaban J connectivity index is 0.00000242. The maximum Gasteiger partial charge on any atom is 0.220 e. The first-order valence-corrected chi connectivity index (χ1v) is 7.20. The molecule has 2 aromatic rings. The van der Waals surface area contributed by atoms with Crippen LogP contribution in [-0.4, -0.2) is 21.5 Å². The minimum atomic E-state index is 0. The number of rotatable bonds is 7. The predicted molar refractivity (Wildman–Crippen MR) is 97.0 cm³/mol. The van der Waals surface area contributed by atoms with E-state index >= 15 is 0 Å². The summed E-state index contributed by atoms with van der Waals surface area (Å²) in [5.41, 5.74) is 7.97. The molecule has 7 heteroatoms. The number of imidazole rings is 1. The van der Waals surface area contributed by atoms with Gasteiger partial charge in [-0.3, -0.25) is 4.79 Å². The second kappa shape index (κ2) is 11.0. The van der Waals surface area contributed by atoms with E-state index in [0.29, 0.717) is 19.4 Å². The van der Waals surface area contributed by atoms with Gasteiger partial charge in [0.15, 0.2) is 0 Å². The Hall–Kier alpha value is -1.56. The molecule has 1 heterocycles. The van der Waals surface area contributed by atoms with Gasteiger partial charge < -0.3 is 15.6 Å². The van der Waals surface area contributed by atoms with Crippen LogP contribution < -0.4 is 11.1 Å². The first kappa shape index (κ1) is 21.4. The van der Waals surface area contributed by atoms with Crippen LogP contribution in [-0.2, 0) is 17.9 Å². The molecule has 3 N–H and O–H groups in total. The molecule has 1 aromatic heterocycles. The van der Waals surface area contributed by atoms with Crippen molar-refractivity contribution in [3.8, 4) is 0 Å². The van der Waals surface area contributed by atoms with Crippen molar-refractivity contribution < 1.29 is 4.79 Å². The summed E-state index contributed by atoms with van der Waals surface area (Å²) in [6, 6.07) is 8.17. The molecule has 1 unspecified atom stereocenters. The van der Waals surface area contributed by atoms with Crippen molar-refractivity contribution in [1.82, 2.24) is 14.9 Å². The van der Waals surface area contributed by atoms with Gasteiger partial charge in [0.25, 0.3) is 0 Å². The fourth-order valence-corrected chi connectivity index (χ4v) is 2.10. The summed E-state index contributed by atoms with van der Waals surface area (Å²) < 4.78 is 2.01. The zero-order chi connectivity index (χ0) is 15.1. The molecule has 23 heavy (non-hydrogen) atoms. The van der Waals surface area contributed by atoms with Crippen LogP contribution in [0.4, 0.5) is 0 Å². The lowest BCUT2D eigenvalue weighted by Gasteiger charge is -2.11. The normalized spacial score (nSPS) is 11.0. The number of nitrogens with one attached hydrogen (secondary N) is 1. The zero-order valence-corrected chi connectivity index (χ0v) is 14.8. The van der Waals surface area contributed by atoms with Crippen molar-refractivity contribution in [3.05, 3.63) is 54.1 Å². The van der Waals surface area contributed by atoms with E-state index in [0.717, 1.165) is 12.1 Å². The van der Waals surface area contributed by atoms with Crippen LogP contribution in [0.25, 0.3) is 0 Å². The van der Waals surface area contributed by atoms with Gasteiger partial charge in [-0.1, -0.05) is 24.3 Å². The minimum Gasteiger partial charge on any atom is -0.352 e. The zero-order valence-electron chi connectivity index (χ0n) is 13.1. The molecule has 0 bridgehead atoms. The molecule has 0 fully saturated rings. The SMILES string of the molecule is CC(N)CCC(=O)NCc1ccccc1Cn1ccnc1.Cl.Cl. The highest BCUT2D eigenvalue weighted by Gasteiger charge is 2.06. The van der Waals surface area contributed by atoms with E-state index < -0.39 is 0 Å². The molecule has 0 aliphatic carbocycles. The van der Waals surface area contributed by atoms with Crippen molar-refractivity contribution in [2.45, 2.75) is 38.9 Å². The van der Waals surface area contributed by atoms with Crippen molar-refractivity contribution in [2.75, 3.05) is 0 Å². The molecular formula is C16H24Cl2N4O. The molecule has 0 aliphatic heterocycles. The number of benzene rings is 1. The molecule has 0 radical (unpaired) electrons. The third-order valence-corrected chi connectivity index (χ3v) is 3.33. The highest BCUT2D eigenvalue weighted by atomic mass is 35.5. The average Bonchev–Trinajstić information content (AvgIpc) is 2.97. The van der Waals surface area contributed by atoms with E-state index in [1.54, 1.807) is 12.5 Å². The number of carbonyl (C=O) groups excluding carboxylic acids is 1. The van der Waals surface area contributed by atoms with Crippen LogP contribution in [0.2, 0.25) is 0 Å². The van der Waals surface area contributed by atoms with E-state index in [-0.39, 0.29) is 36.8 Å². The standard InChI is InChI=1S/C16H22N4O.2ClH/c1-13(17)6-7-16(21)19-10-14-4-2-3-5-15(14)11-20-9-8-18-12-20;;/h2-5,8-9,12-13H,6-7,10-11,17H2,1H3,(H,19,21);2*1H. The third-order valence-electron chi connectivity index (χ3n) is 3.33. The van der Waals surface area contributed by atoms with E-state index in [2.05, 4.69) is 16.4 Å². The Morgan fingerprint density at radius 2 is 2.00 bits per heavy atom. The van der Waals surface area contributed by atoms with Gasteiger partial charge in [-0.25, -0.2) is 4.98 Å². The van der Waals surface area contributed by atoms with Crippen molar-refractivity contribution in [1.29, 1.82) is 0 Å². The number of aromatic nitrogens is 2. The quantitative estimate of drug-likeness (QED) is 0.798. The smallest absolute Gasteiger partial charge is 0.220 e. The number of amides is 1. The second-order valence-electron chi connectivity index (χ2n) is 5.30. The monoisotopic (exact) mass is 358 g/mol. The summed E-state index contributed by atoms with van der Waals surface area (Å²) >= 11 is 0. The highest BCUT2D eigenvalue weighted by Crippen LogP contribution is 2.10. The Bertz CT molecular complexity index is 573. The van der Waals surface area contributed by atoms with Crippen LogP contribution in [0.1, 0.15) is 30.9 Å². The van der Waals surface area contributed by atoms with Crippen molar-refractivity contribution in [3.63, 3.8) is 0 Å². The lowest BCUT2D eigenvalue weighted by atomic mass is 10.1. The topological polar surface area (TPSA) is 72.9 Å². The van der Waals surface area contributed by atoms with Crippen LogP contribution in [0.15, 0.2) is 43.0 Å². The second-order valence-corrected chi connectivity index (χ2v) is 5.30. The molecular weight excluding hydrogens is 335 g/mol. The Morgan fingerprint density at radius 3 is 2.61 bits per heavy atom. The van der Waals surface area contributed by atoms with Crippen molar-refractivity contribution >= 4 is 30.7 Å². The number of halogens is 2. The number of nitrogens with two attached hydrogens (primary N) is 1. The van der Waals surface area contributed by atoms with Gasteiger partial charge in [-0.15, -0.1) is 24.8 Å². The van der Waals surface area contributed by atoms with E-state index in [1.165, 1.54) is 5.56 Å². The first-order valence-electron chi connectivity index (χ1n) is 7.20. The molecule has 1 atom stereocenters. The highest BCUT2D eigenvalue weighted by molar-refractivity contribution is 5.85. The summed E-state index contributed by atoms with van der Waals surface area (Å²) in [6.07, 6.45) is 6.66. The average molecular weight is 359 g/mol. The molecule has 0 saturated heterocycles. The van der Waals surface area contributed by atoms with Crippen LogP contribution >= 0.6 is 24.8 Å². The number of carbonyl (C=O) groups is 1. The van der Waals surface area contributed by atoms with Crippen LogP contribution in [0.3, 0.4) is 0 Å². The van der Waals surface area contributed by atoms with E-state index in [4.69, 9.17) is 5.73 Å². The predicted octanol–water partition coefficient (Wildman–Crippen LogP) is 2.52. The Kier molecular flexibility index (Phi) is 10.3. The molecule has 0 aliphatic rings. The number of hydrogen-bond acceptors (Lipinski definition) is 3. The molecule has 128 valence electrons. The van der Waals surface area contributed by atoms with E-state index in [1.807, 2.05) is 35.9 Å². The van der Waals surface area contributed by atoms with Gasteiger partial charge in [0.05, 0.1) is 6.33 Å². The van der Waals surface area contributed by atoms with Crippen LogP contribution in [0, 0.1) is 0 Å². The Labute approximate surface area is 149 Å². The summed E-state index contributed by atoms with van der Waals surface area (Å²) in [6.45, 7) is 3.21. The summed E-state index contributed by atoms with van der Waals surface area (Å²) in [5.74, 6) is 0.0460. The van der Waals surface area contributed by atoms with Gasteiger partial charge in [-0.05, 0) is 24.5 Å². The molecule has 0 spiro atoms. The van der Waals surface area contributed by atoms with Gasteiger partial charge in [0.2, 0.25) is 5.91 Å². The molecule has 1 amide bonds. The molecule has 2 rings (SSSR count). The summed E-state index contributed by atoms with van der Waals surface area (Å²) in [7, 11) is 0. The lowest BCUT2D eigenvalue weighted by molar-refractivity contribution is -0.121.